The molecule has 0 saturated heterocycles. The molecule has 1 heterocycles. The highest BCUT2D eigenvalue weighted by molar-refractivity contribution is 5.44. The number of hydrogen-bond donors (Lipinski definition) is 2. The maximum absolute atomic E-state index is 9.75. The summed E-state index contributed by atoms with van der Waals surface area (Å²) >= 11 is 0. The Balaban J connectivity index is 2.11. The molecular formula is C13H17N3O. The van der Waals surface area contributed by atoms with Gasteiger partial charge in [0.2, 0.25) is 0 Å². The molecule has 2 N–H and O–H groups in total. The van der Waals surface area contributed by atoms with Crippen LogP contribution < -0.4 is 5.32 Å². The number of phenolic OH excluding ortho intramolecular Hbond substituents is 1. The zero-order valence-corrected chi connectivity index (χ0v) is 10.1. The SMILES string of the molecule is CCn1cc(NC(C)c2ccccc2O)cn1. The van der Waals surface area contributed by atoms with Crippen LogP contribution in [0.25, 0.3) is 0 Å². The maximum atomic E-state index is 9.75. The Kier molecular flexibility index (Phi) is 3.32. The van der Waals surface area contributed by atoms with Crippen molar-refractivity contribution in [2.75, 3.05) is 5.32 Å². The van der Waals surface area contributed by atoms with Crippen LogP contribution >= 0.6 is 0 Å². The molecule has 1 aromatic carbocycles. The van der Waals surface area contributed by atoms with E-state index in [0.29, 0.717) is 5.75 Å². The summed E-state index contributed by atoms with van der Waals surface area (Å²) in [7, 11) is 0. The second-order valence-corrected chi connectivity index (χ2v) is 4.01. The summed E-state index contributed by atoms with van der Waals surface area (Å²) in [5.74, 6) is 0.315. The van der Waals surface area contributed by atoms with Gasteiger partial charge in [-0.3, -0.25) is 4.68 Å². The van der Waals surface area contributed by atoms with Crippen LogP contribution in [0.5, 0.6) is 5.75 Å². The Morgan fingerprint density at radius 2 is 2.18 bits per heavy atom. The van der Waals surface area contributed by atoms with E-state index in [1.807, 2.05) is 42.9 Å². The lowest BCUT2D eigenvalue weighted by atomic mass is 10.1. The first-order valence-corrected chi connectivity index (χ1v) is 5.77. The highest BCUT2D eigenvalue weighted by atomic mass is 16.3. The molecule has 90 valence electrons. The molecule has 4 heteroatoms. The molecule has 2 aromatic rings. The van der Waals surface area contributed by atoms with Gasteiger partial charge in [0.05, 0.1) is 17.9 Å². The summed E-state index contributed by atoms with van der Waals surface area (Å²) in [5.41, 5.74) is 1.85. The van der Waals surface area contributed by atoms with Crippen molar-refractivity contribution >= 4 is 5.69 Å². The van der Waals surface area contributed by atoms with Crippen LogP contribution in [-0.2, 0) is 6.54 Å². The lowest BCUT2D eigenvalue weighted by Crippen LogP contribution is -2.06. The number of anilines is 1. The largest absolute Gasteiger partial charge is 0.508 e. The van der Waals surface area contributed by atoms with Gasteiger partial charge in [0.15, 0.2) is 0 Å². The van der Waals surface area contributed by atoms with Gasteiger partial charge in [0.25, 0.3) is 0 Å². The Hall–Kier alpha value is -1.97. The molecule has 0 radical (unpaired) electrons. The number of nitrogens with zero attached hydrogens (tertiary/aromatic N) is 2. The zero-order valence-electron chi connectivity index (χ0n) is 10.1. The number of phenols is 1. The predicted octanol–water partition coefficient (Wildman–Crippen LogP) is 2.78. The Labute approximate surface area is 101 Å². The number of aromatic nitrogens is 2. The van der Waals surface area contributed by atoms with Crippen LogP contribution in [0.4, 0.5) is 5.69 Å². The minimum atomic E-state index is 0.0470. The van der Waals surface area contributed by atoms with Crippen molar-refractivity contribution in [3.05, 3.63) is 42.2 Å². The van der Waals surface area contributed by atoms with Gasteiger partial charge in [-0.1, -0.05) is 18.2 Å². The molecule has 0 spiro atoms. The van der Waals surface area contributed by atoms with Crippen molar-refractivity contribution in [3.8, 4) is 5.75 Å². The lowest BCUT2D eigenvalue weighted by molar-refractivity contribution is 0.465. The van der Waals surface area contributed by atoms with Crippen molar-refractivity contribution < 1.29 is 5.11 Å². The molecule has 0 aliphatic carbocycles. The van der Waals surface area contributed by atoms with Crippen LogP contribution in [0.2, 0.25) is 0 Å². The minimum Gasteiger partial charge on any atom is -0.508 e. The van der Waals surface area contributed by atoms with Crippen LogP contribution in [0.15, 0.2) is 36.7 Å². The number of rotatable bonds is 4. The van der Waals surface area contributed by atoms with Crippen molar-refractivity contribution in [1.29, 1.82) is 0 Å². The van der Waals surface area contributed by atoms with Crippen molar-refractivity contribution in [1.82, 2.24) is 9.78 Å². The first-order chi connectivity index (χ1) is 8.20. The molecule has 4 nitrogen and oxygen atoms in total. The van der Waals surface area contributed by atoms with E-state index in [2.05, 4.69) is 10.4 Å². The highest BCUT2D eigenvalue weighted by Crippen LogP contribution is 2.26. The maximum Gasteiger partial charge on any atom is 0.120 e. The molecule has 1 aromatic heterocycles. The zero-order chi connectivity index (χ0) is 12.3. The fourth-order valence-electron chi connectivity index (χ4n) is 1.79. The van der Waals surface area contributed by atoms with Crippen LogP contribution in [0, 0.1) is 0 Å². The molecular weight excluding hydrogens is 214 g/mol. The van der Waals surface area contributed by atoms with Gasteiger partial charge in [-0.25, -0.2) is 0 Å². The number of aromatic hydroxyl groups is 1. The van der Waals surface area contributed by atoms with Crippen molar-refractivity contribution in [2.24, 2.45) is 0 Å². The van der Waals surface area contributed by atoms with Gasteiger partial charge in [-0.15, -0.1) is 0 Å². The molecule has 0 fully saturated rings. The van der Waals surface area contributed by atoms with E-state index in [4.69, 9.17) is 0 Å². The lowest BCUT2D eigenvalue weighted by Gasteiger charge is -2.15. The molecule has 0 bridgehead atoms. The summed E-state index contributed by atoms with van der Waals surface area (Å²) in [6, 6.07) is 7.40. The van der Waals surface area contributed by atoms with E-state index >= 15 is 0 Å². The molecule has 0 aliphatic heterocycles. The highest BCUT2D eigenvalue weighted by Gasteiger charge is 2.09. The topological polar surface area (TPSA) is 50.1 Å². The third-order valence-electron chi connectivity index (χ3n) is 2.74. The Morgan fingerprint density at radius 1 is 1.41 bits per heavy atom. The fourth-order valence-corrected chi connectivity index (χ4v) is 1.79. The number of nitrogens with one attached hydrogen (secondary N) is 1. The summed E-state index contributed by atoms with van der Waals surface area (Å²) in [4.78, 5) is 0. The van der Waals surface area contributed by atoms with Gasteiger partial charge >= 0.3 is 0 Å². The van der Waals surface area contributed by atoms with Crippen molar-refractivity contribution in [2.45, 2.75) is 26.4 Å². The van der Waals surface area contributed by atoms with Crippen LogP contribution in [0.1, 0.15) is 25.5 Å². The normalized spacial score (nSPS) is 12.4. The number of hydrogen-bond acceptors (Lipinski definition) is 3. The number of para-hydroxylation sites is 1. The molecule has 0 aliphatic rings. The molecule has 0 amide bonds. The third kappa shape index (κ3) is 2.58. The van der Waals surface area contributed by atoms with E-state index in [1.165, 1.54) is 0 Å². The minimum absolute atomic E-state index is 0.0470. The second-order valence-electron chi connectivity index (χ2n) is 4.01. The molecule has 17 heavy (non-hydrogen) atoms. The summed E-state index contributed by atoms with van der Waals surface area (Å²) < 4.78 is 1.86. The Bertz CT molecular complexity index is 493. The third-order valence-corrected chi connectivity index (χ3v) is 2.74. The molecule has 1 unspecified atom stereocenters. The number of benzene rings is 1. The Morgan fingerprint density at radius 3 is 2.82 bits per heavy atom. The van der Waals surface area contributed by atoms with Crippen LogP contribution in [0.3, 0.4) is 0 Å². The summed E-state index contributed by atoms with van der Waals surface area (Å²) in [6.45, 7) is 4.91. The standard InChI is InChI=1S/C13H17N3O/c1-3-16-9-11(8-14-16)15-10(2)12-6-4-5-7-13(12)17/h4-10,15,17H,3H2,1-2H3. The quantitative estimate of drug-likeness (QED) is 0.850. The first-order valence-electron chi connectivity index (χ1n) is 5.77. The van der Waals surface area contributed by atoms with Gasteiger partial charge in [-0.2, -0.15) is 5.10 Å². The van der Waals surface area contributed by atoms with E-state index in [0.717, 1.165) is 17.8 Å². The molecule has 0 saturated carbocycles. The number of aryl methyl sites for hydroxylation is 1. The first kappa shape index (κ1) is 11.5. The smallest absolute Gasteiger partial charge is 0.120 e. The van der Waals surface area contributed by atoms with Crippen LogP contribution in [-0.4, -0.2) is 14.9 Å². The average molecular weight is 231 g/mol. The fraction of sp³-hybridized carbons (Fsp3) is 0.308. The van der Waals surface area contributed by atoms with E-state index in [-0.39, 0.29) is 6.04 Å². The van der Waals surface area contributed by atoms with E-state index < -0.39 is 0 Å². The monoisotopic (exact) mass is 231 g/mol. The van der Waals surface area contributed by atoms with E-state index in [9.17, 15) is 5.11 Å². The predicted molar refractivity (Wildman–Crippen MR) is 68.0 cm³/mol. The van der Waals surface area contributed by atoms with Gasteiger partial charge < -0.3 is 10.4 Å². The van der Waals surface area contributed by atoms with Gasteiger partial charge in [0.1, 0.15) is 5.75 Å². The summed E-state index contributed by atoms with van der Waals surface area (Å²) in [5, 5.41) is 17.3. The average Bonchev–Trinajstić information content (AvgIpc) is 2.77. The second kappa shape index (κ2) is 4.91. The van der Waals surface area contributed by atoms with E-state index in [1.54, 1.807) is 12.3 Å². The summed E-state index contributed by atoms with van der Waals surface area (Å²) in [6.07, 6.45) is 3.75. The molecule has 1 atom stereocenters. The van der Waals surface area contributed by atoms with Crippen molar-refractivity contribution in [3.63, 3.8) is 0 Å². The van der Waals surface area contributed by atoms with Gasteiger partial charge in [0, 0.05) is 18.3 Å². The molecule has 2 rings (SSSR count). The van der Waals surface area contributed by atoms with Gasteiger partial charge in [-0.05, 0) is 19.9 Å².